The van der Waals surface area contributed by atoms with Crippen molar-refractivity contribution in [2.24, 2.45) is 5.73 Å². The molecule has 1 aromatic heterocycles. The highest BCUT2D eigenvalue weighted by Gasteiger charge is 2.29. The highest BCUT2D eigenvalue weighted by atomic mass is 32.1. The molecule has 12 heteroatoms. The molecule has 0 aliphatic carbocycles. The maximum atomic E-state index is 12.1. The summed E-state index contributed by atoms with van der Waals surface area (Å²) in [7, 11) is 0. The highest BCUT2D eigenvalue weighted by molar-refractivity contribution is 7.20. The SMILES string of the molecule is CCOC(=O)C(=O)Nc1sc(N(CC)C(=O)C(=O)OCC)nc1C(N)=O. The van der Waals surface area contributed by atoms with Gasteiger partial charge in [0.05, 0.1) is 13.2 Å². The second-order valence-electron chi connectivity index (χ2n) is 4.48. The molecule has 142 valence electrons. The topological polar surface area (TPSA) is 158 Å². The maximum absolute atomic E-state index is 12.1. The number of carbonyl (C=O) groups excluding carboxylic acids is 5. The summed E-state index contributed by atoms with van der Waals surface area (Å²) in [5, 5.41) is 1.93. The molecule has 1 rings (SSSR count). The van der Waals surface area contributed by atoms with Crippen LogP contribution in [0, 0.1) is 0 Å². The Morgan fingerprint density at radius 2 is 1.65 bits per heavy atom. The first-order valence-corrected chi connectivity index (χ1v) is 8.35. The first-order valence-electron chi connectivity index (χ1n) is 7.54. The lowest BCUT2D eigenvalue weighted by Crippen LogP contribution is -2.37. The molecule has 3 N–H and O–H groups in total. The lowest BCUT2D eigenvalue weighted by molar-refractivity contribution is -0.153. The third kappa shape index (κ3) is 4.99. The van der Waals surface area contributed by atoms with E-state index < -0.39 is 29.7 Å². The summed E-state index contributed by atoms with van der Waals surface area (Å²) in [6.07, 6.45) is 0. The van der Waals surface area contributed by atoms with E-state index in [4.69, 9.17) is 5.73 Å². The van der Waals surface area contributed by atoms with E-state index in [0.717, 1.165) is 4.90 Å². The number of nitrogens with two attached hydrogens (primary N) is 1. The zero-order valence-electron chi connectivity index (χ0n) is 14.4. The van der Waals surface area contributed by atoms with Crippen molar-refractivity contribution in [3.8, 4) is 0 Å². The fraction of sp³-hybridized carbons (Fsp3) is 0.429. The summed E-state index contributed by atoms with van der Waals surface area (Å²) < 4.78 is 9.18. The van der Waals surface area contributed by atoms with Crippen LogP contribution in [0.2, 0.25) is 0 Å². The van der Waals surface area contributed by atoms with Gasteiger partial charge in [0.15, 0.2) is 10.8 Å². The molecule has 26 heavy (non-hydrogen) atoms. The monoisotopic (exact) mass is 386 g/mol. The van der Waals surface area contributed by atoms with E-state index >= 15 is 0 Å². The zero-order chi connectivity index (χ0) is 19.9. The van der Waals surface area contributed by atoms with Gasteiger partial charge >= 0.3 is 23.8 Å². The minimum atomic E-state index is -1.16. The summed E-state index contributed by atoms with van der Waals surface area (Å²) in [5.41, 5.74) is 4.84. The first-order chi connectivity index (χ1) is 12.3. The smallest absolute Gasteiger partial charge is 0.397 e. The van der Waals surface area contributed by atoms with E-state index in [1.807, 2.05) is 0 Å². The lowest BCUT2D eigenvalue weighted by Gasteiger charge is -2.15. The minimum Gasteiger partial charge on any atom is -0.459 e. The summed E-state index contributed by atoms with van der Waals surface area (Å²) in [6.45, 7) is 4.66. The molecule has 0 saturated carbocycles. The van der Waals surface area contributed by atoms with Gasteiger partial charge in [0.1, 0.15) is 5.00 Å². The van der Waals surface area contributed by atoms with Crippen molar-refractivity contribution in [2.75, 3.05) is 30.0 Å². The van der Waals surface area contributed by atoms with Gasteiger partial charge in [0.25, 0.3) is 5.91 Å². The van der Waals surface area contributed by atoms with E-state index in [-0.39, 0.29) is 35.6 Å². The highest BCUT2D eigenvalue weighted by Crippen LogP contribution is 2.31. The van der Waals surface area contributed by atoms with Gasteiger partial charge in [0, 0.05) is 6.54 Å². The van der Waals surface area contributed by atoms with Gasteiger partial charge in [-0.15, -0.1) is 0 Å². The number of aromatic nitrogens is 1. The molecule has 0 aliphatic heterocycles. The van der Waals surface area contributed by atoms with Crippen molar-refractivity contribution in [3.05, 3.63) is 5.69 Å². The molecular weight excluding hydrogens is 368 g/mol. The second-order valence-corrected chi connectivity index (χ2v) is 5.46. The fourth-order valence-electron chi connectivity index (χ4n) is 1.70. The summed E-state index contributed by atoms with van der Waals surface area (Å²) in [4.78, 5) is 63.2. The van der Waals surface area contributed by atoms with Gasteiger partial charge in [-0.25, -0.2) is 14.6 Å². The Balaban J connectivity index is 3.16. The van der Waals surface area contributed by atoms with Crippen LogP contribution in [-0.4, -0.2) is 54.4 Å². The Morgan fingerprint density at radius 1 is 1.08 bits per heavy atom. The van der Waals surface area contributed by atoms with Crippen molar-refractivity contribution in [1.82, 2.24) is 4.98 Å². The van der Waals surface area contributed by atoms with Crippen LogP contribution >= 0.6 is 11.3 Å². The standard InChI is InChI=1S/C14H18N4O7S/c1-4-18(11(21)13(23)25-6-3)14-16-7(8(15)19)10(26-14)17-9(20)12(22)24-5-2/h4-6H2,1-3H3,(H2,15,19)(H,17,20). The molecule has 0 spiro atoms. The maximum Gasteiger partial charge on any atom is 0.397 e. The predicted molar refractivity (Wildman–Crippen MR) is 90.6 cm³/mol. The number of anilines is 2. The zero-order valence-corrected chi connectivity index (χ0v) is 15.2. The van der Waals surface area contributed by atoms with Crippen LogP contribution < -0.4 is 16.0 Å². The first kappa shape index (κ1) is 21.0. The number of thiazole rings is 1. The largest absolute Gasteiger partial charge is 0.459 e. The Labute approximate surface area is 152 Å². The molecule has 0 aromatic carbocycles. The van der Waals surface area contributed by atoms with Crippen LogP contribution in [0.1, 0.15) is 31.3 Å². The van der Waals surface area contributed by atoms with E-state index in [0.29, 0.717) is 11.3 Å². The quantitative estimate of drug-likeness (QED) is 0.496. The van der Waals surface area contributed by atoms with Gasteiger partial charge in [0.2, 0.25) is 0 Å². The fourth-order valence-corrected chi connectivity index (χ4v) is 2.72. The molecule has 0 atom stereocenters. The number of ether oxygens (including phenoxy) is 2. The van der Waals surface area contributed by atoms with Crippen molar-refractivity contribution >= 4 is 51.1 Å². The molecule has 0 unspecified atom stereocenters. The number of hydrogen-bond acceptors (Lipinski definition) is 9. The summed E-state index contributed by atoms with van der Waals surface area (Å²) in [5.74, 6) is -5.38. The molecule has 0 radical (unpaired) electrons. The van der Waals surface area contributed by atoms with E-state index in [9.17, 15) is 24.0 Å². The van der Waals surface area contributed by atoms with Crippen molar-refractivity contribution < 1.29 is 33.4 Å². The summed E-state index contributed by atoms with van der Waals surface area (Å²) >= 11 is 0.694. The van der Waals surface area contributed by atoms with Gasteiger partial charge in [-0.2, -0.15) is 0 Å². The number of hydrogen-bond donors (Lipinski definition) is 2. The number of carbonyl (C=O) groups is 5. The minimum absolute atomic E-state index is 0.00732. The number of primary amides is 1. The molecule has 1 heterocycles. The lowest BCUT2D eigenvalue weighted by atomic mass is 10.4. The molecule has 1 aromatic rings. The van der Waals surface area contributed by atoms with Gasteiger partial charge in [-0.3, -0.25) is 19.3 Å². The van der Waals surface area contributed by atoms with E-state index in [2.05, 4.69) is 19.8 Å². The van der Waals surface area contributed by atoms with E-state index in [1.165, 1.54) is 6.92 Å². The van der Waals surface area contributed by atoms with Gasteiger partial charge < -0.3 is 20.5 Å². The molecule has 0 saturated heterocycles. The second kappa shape index (κ2) is 9.46. The number of likely N-dealkylation sites (N-methyl/N-ethyl adjacent to an activating group) is 1. The average molecular weight is 386 g/mol. The third-order valence-corrected chi connectivity index (χ3v) is 3.77. The van der Waals surface area contributed by atoms with Crippen LogP contribution in [0.15, 0.2) is 0 Å². The van der Waals surface area contributed by atoms with Crippen molar-refractivity contribution in [1.29, 1.82) is 0 Å². The number of nitrogens with zero attached hydrogens (tertiary/aromatic N) is 2. The van der Waals surface area contributed by atoms with Crippen molar-refractivity contribution in [2.45, 2.75) is 20.8 Å². The Morgan fingerprint density at radius 3 is 2.15 bits per heavy atom. The molecule has 3 amide bonds. The Hall–Kier alpha value is -3.02. The molecule has 11 nitrogen and oxygen atoms in total. The van der Waals surface area contributed by atoms with Gasteiger partial charge in [-0.1, -0.05) is 11.3 Å². The molecule has 0 fully saturated rings. The van der Waals surface area contributed by atoms with Crippen LogP contribution in [0.3, 0.4) is 0 Å². The Bertz CT molecular complexity index is 731. The Kier molecular flexibility index (Phi) is 7.65. The average Bonchev–Trinajstić information content (AvgIpc) is 2.99. The normalized spacial score (nSPS) is 9.96. The predicted octanol–water partition coefficient (Wildman–Crippen LogP) is -0.340. The number of rotatable bonds is 6. The molecule has 0 aliphatic rings. The van der Waals surface area contributed by atoms with E-state index in [1.54, 1.807) is 13.8 Å². The van der Waals surface area contributed by atoms with Crippen LogP contribution in [0.4, 0.5) is 10.1 Å². The van der Waals surface area contributed by atoms with Crippen LogP contribution in [-0.2, 0) is 28.7 Å². The van der Waals surface area contributed by atoms with Crippen LogP contribution in [0.25, 0.3) is 0 Å². The number of amides is 3. The number of nitrogens with one attached hydrogen (secondary N) is 1. The third-order valence-electron chi connectivity index (χ3n) is 2.78. The van der Waals surface area contributed by atoms with Crippen LogP contribution in [0.5, 0.6) is 0 Å². The molecule has 0 bridgehead atoms. The summed E-state index contributed by atoms with van der Waals surface area (Å²) in [6, 6.07) is 0. The number of esters is 2. The van der Waals surface area contributed by atoms with Gasteiger partial charge in [-0.05, 0) is 20.8 Å². The van der Waals surface area contributed by atoms with Crippen molar-refractivity contribution in [3.63, 3.8) is 0 Å². The molecular formula is C14H18N4O7S.